The third kappa shape index (κ3) is 5.53. The summed E-state index contributed by atoms with van der Waals surface area (Å²) in [6.07, 6.45) is 9.00. The lowest BCUT2D eigenvalue weighted by atomic mass is 10.0. The van der Waals surface area contributed by atoms with Crippen molar-refractivity contribution in [1.29, 1.82) is 0 Å². The van der Waals surface area contributed by atoms with E-state index in [4.69, 9.17) is 0 Å². The van der Waals surface area contributed by atoms with Gasteiger partial charge >= 0.3 is 0 Å². The Kier molecular flexibility index (Phi) is 6.26. The largest absolute Gasteiger partial charge is 0.393 e. The molecule has 0 amide bonds. The lowest BCUT2D eigenvalue weighted by molar-refractivity contribution is 0.115. The van der Waals surface area contributed by atoms with Gasteiger partial charge in [-0.1, -0.05) is 39.5 Å². The third-order valence-corrected chi connectivity index (χ3v) is 3.50. The molecule has 1 aliphatic rings. The Morgan fingerprint density at radius 1 is 1.13 bits per heavy atom. The average Bonchev–Trinajstić information content (AvgIpc) is 2.46. The van der Waals surface area contributed by atoms with Gasteiger partial charge in [0.1, 0.15) is 0 Å². The molecule has 0 aromatic rings. The first-order chi connectivity index (χ1) is 7.20. The SMILES string of the molecule is CC(C)C(O)CCNC1CCCCCC1. The molecule has 15 heavy (non-hydrogen) atoms. The highest BCUT2D eigenvalue weighted by atomic mass is 16.3. The first-order valence-corrected chi connectivity index (χ1v) is 6.61. The van der Waals surface area contributed by atoms with Gasteiger partial charge in [-0.15, -0.1) is 0 Å². The van der Waals surface area contributed by atoms with Crippen LogP contribution in [-0.4, -0.2) is 23.8 Å². The first kappa shape index (κ1) is 13.0. The van der Waals surface area contributed by atoms with E-state index in [1.54, 1.807) is 0 Å². The van der Waals surface area contributed by atoms with Crippen molar-refractivity contribution in [3.63, 3.8) is 0 Å². The maximum absolute atomic E-state index is 9.67. The van der Waals surface area contributed by atoms with Gasteiger partial charge in [0.15, 0.2) is 0 Å². The van der Waals surface area contributed by atoms with E-state index in [9.17, 15) is 5.11 Å². The van der Waals surface area contributed by atoms with Crippen molar-refractivity contribution in [2.24, 2.45) is 5.92 Å². The predicted molar refractivity (Wildman–Crippen MR) is 65.0 cm³/mol. The summed E-state index contributed by atoms with van der Waals surface area (Å²) in [5.41, 5.74) is 0. The molecule has 1 aliphatic carbocycles. The molecule has 90 valence electrons. The summed E-state index contributed by atoms with van der Waals surface area (Å²) < 4.78 is 0. The fourth-order valence-corrected chi connectivity index (χ4v) is 2.25. The van der Waals surface area contributed by atoms with Crippen LogP contribution in [0.3, 0.4) is 0 Å². The van der Waals surface area contributed by atoms with Crippen LogP contribution in [0, 0.1) is 5.92 Å². The van der Waals surface area contributed by atoms with E-state index in [-0.39, 0.29) is 6.10 Å². The van der Waals surface area contributed by atoms with Crippen molar-refractivity contribution in [3.8, 4) is 0 Å². The Hall–Kier alpha value is -0.0800. The lowest BCUT2D eigenvalue weighted by Gasteiger charge is -2.19. The summed E-state index contributed by atoms with van der Waals surface area (Å²) in [5.74, 6) is 0.390. The molecule has 0 heterocycles. The van der Waals surface area contributed by atoms with Crippen molar-refractivity contribution in [3.05, 3.63) is 0 Å². The zero-order chi connectivity index (χ0) is 11.1. The van der Waals surface area contributed by atoms with E-state index in [1.807, 2.05) is 0 Å². The molecule has 1 rings (SSSR count). The number of aliphatic hydroxyl groups excluding tert-OH is 1. The van der Waals surface area contributed by atoms with Crippen LogP contribution in [0.15, 0.2) is 0 Å². The van der Waals surface area contributed by atoms with Gasteiger partial charge in [-0.05, 0) is 31.7 Å². The van der Waals surface area contributed by atoms with Crippen LogP contribution in [0.1, 0.15) is 58.8 Å². The molecular weight excluding hydrogens is 186 g/mol. The Balaban J connectivity index is 2.07. The highest BCUT2D eigenvalue weighted by molar-refractivity contribution is 4.71. The molecule has 1 saturated carbocycles. The van der Waals surface area contributed by atoms with Gasteiger partial charge in [-0.3, -0.25) is 0 Å². The highest BCUT2D eigenvalue weighted by Gasteiger charge is 2.13. The van der Waals surface area contributed by atoms with E-state index >= 15 is 0 Å². The van der Waals surface area contributed by atoms with E-state index in [0.717, 1.165) is 13.0 Å². The second-order valence-electron chi connectivity index (χ2n) is 5.24. The van der Waals surface area contributed by atoms with Crippen molar-refractivity contribution in [2.45, 2.75) is 70.9 Å². The number of hydrogen-bond donors (Lipinski definition) is 2. The molecule has 0 saturated heterocycles. The van der Waals surface area contributed by atoms with Crippen molar-refractivity contribution in [1.82, 2.24) is 5.32 Å². The summed E-state index contributed by atoms with van der Waals surface area (Å²) in [4.78, 5) is 0. The van der Waals surface area contributed by atoms with Crippen LogP contribution in [0.25, 0.3) is 0 Å². The van der Waals surface area contributed by atoms with Crippen LogP contribution in [0.4, 0.5) is 0 Å². The summed E-state index contributed by atoms with van der Waals surface area (Å²) >= 11 is 0. The number of nitrogens with one attached hydrogen (secondary N) is 1. The van der Waals surface area contributed by atoms with Gasteiger partial charge in [-0.25, -0.2) is 0 Å². The fourth-order valence-electron chi connectivity index (χ4n) is 2.25. The van der Waals surface area contributed by atoms with E-state index in [2.05, 4.69) is 19.2 Å². The maximum atomic E-state index is 9.67. The van der Waals surface area contributed by atoms with E-state index in [0.29, 0.717) is 12.0 Å². The van der Waals surface area contributed by atoms with Crippen LogP contribution < -0.4 is 5.32 Å². The average molecular weight is 213 g/mol. The van der Waals surface area contributed by atoms with Crippen molar-refractivity contribution < 1.29 is 5.11 Å². The monoisotopic (exact) mass is 213 g/mol. The van der Waals surface area contributed by atoms with E-state index in [1.165, 1.54) is 38.5 Å². The Morgan fingerprint density at radius 3 is 2.27 bits per heavy atom. The maximum Gasteiger partial charge on any atom is 0.0575 e. The number of aliphatic hydroxyl groups is 1. The normalized spacial score (nSPS) is 21.6. The smallest absolute Gasteiger partial charge is 0.0575 e. The molecule has 1 atom stereocenters. The van der Waals surface area contributed by atoms with Gasteiger partial charge in [0.05, 0.1) is 6.10 Å². The van der Waals surface area contributed by atoms with Crippen molar-refractivity contribution in [2.75, 3.05) is 6.54 Å². The Labute approximate surface area is 94.5 Å². The molecule has 0 spiro atoms. The van der Waals surface area contributed by atoms with Crippen molar-refractivity contribution >= 4 is 0 Å². The summed E-state index contributed by atoms with van der Waals surface area (Å²) in [7, 11) is 0. The van der Waals surface area contributed by atoms with Gasteiger partial charge < -0.3 is 10.4 Å². The van der Waals surface area contributed by atoms with Gasteiger partial charge in [0, 0.05) is 6.04 Å². The van der Waals surface area contributed by atoms with E-state index < -0.39 is 0 Å². The minimum Gasteiger partial charge on any atom is -0.393 e. The standard InChI is InChI=1S/C13H27NO/c1-11(2)13(15)9-10-14-12-7-5-3-4-6-8-12/h11-15H,3-10H2,1-2H3. The molecule has 1 fully saturated rings. The van der Waals surface area contributed by atoms with Gasteiger partial charge in [0.2, 0.25) is 0 Å². The molecule has 1 unspecified atom stereocenters. The first-order valence-electron chi connectivity index (χ1n) is 6.61. The fraction of sp³-hybridized carbons (Fsp3) is 1.00. The zero-order valence-corrected chi connectivity index (χ0v) is 10.3. The molecule has 2 N–H and O–H groups in total. The molecule has 0 aliphatic heterocycles. The van der Waals surface area contributed by atoms with Gasteiger partial charge in [0.25, 0.3) is 0 Å². The quantitative estimate of drug-likeness (QED) is 0.688. The third-order valence-electron chi connectivity index (χ3n) is 3.50. The Bertz CT molecular complexity index is 151. The second kappa shape index (κ2) is 7.24. The molecule has 0 radical (unpaired) electrons. The van der Waals surface area contributed by atoms with Crippen LogP contribution in [0.5, 0.6) is 0 Å². The number of hydrogen-bond acceptors (Lipinski definition) is 2. The topological polar surface area (TPSA) is 32.3 Å². The van der Waals surface area contributed by atoms with Crippen LogP contribution in [0.2, 0.25) is 0 Å². The summed E-state index contributed by atoms with van der Waals surface area (Å²) in [5, 5.41) is 13.3. The summed E-state index contributed by atoms with van der Waals surface area (Å²) in [6.45, 7) is 5.14. The minimum atomic E-state index is -0.136. The summed E-state index contributed by atoms with van der Waals surface area (Å²) in [6, 6.07) is 0.715. The highest BCUT2D eigenvalue weighted by Crippen LogP contribution is 2.17. The molecule has 0 aromatic carbocycles. The molecule has 2 heteroatoms. The Morgan fingerprint density at radius 2 is 1.73 bits per heavy atom. The second-order valence-corrected chi connectivity index (χ2v) is 5.24. The van der Waals surface area contributed by atoms with Crippen LogP contribution >= 0.6 is 0 Å². The van der Waals surface area contributed by atoms with Gasteiger partial charge in [-0.2, -0.15) is 0 Å². The molecular formula is C13H27NO. The minimum absolute atomic E-state index is 0.136. The zero-order valence-electron chi connectivity index (χ0n) is 10.3. The molecule has 0 bridgehead atoms. The molecule has 2 nitrogen and oxygen atoms in total. The number of rotatable bonds is 5. The predicted octanol–water partition coefficient (Wildman–Crippen LogP) is 2.71. The molecule has 0 aromatic heterocycles. The lowest BCUT2D eigenvalue weighted by Crippen LogP contribution is -2.32. The van der Waals surface area contributed by atoms with Crippen LogP contribution in [-0.2, 0) is 0 Å².